The van der Waals surface area contributed by atoms with Crippen LogP contribution in [0.25, 0.3) is 22.0 Å². The van der Waals surface area contributed by atoms with Gasteiger partial charge in [-0.1, -0.05) is 12.1 Å². The van der Waals surface area contributed by atoms with Crippen LogP contribution in [0, 0.1) is 0 Å². The van der Waals surface area contributed by atoms with E-state index in [4.69, 9.17) is 9.47 Å². The minimum absolute atomic E-state index is 0.473. The first-order chi connectivity index (χ1) is 16.7. The summed E-state index contributed by atoms with van der Waals surface area (Å²) < 4.78 is 11.2. The topological polar surface area (TPSA) is 91.9 Å². The van der Waals surface area contributed by atoms with Crippen molar-refractivity contribution in [2.45, 2.75) is 33.3 Å². The highest BCUT2D eigenvalue weighted by atomic mass is 16.6. The molecule has 0 atom stereocenters. The number of carbonyl (C=O) groups is 1. The minimum atomic E-state index is -0.581. The molecule has 9 heteroatoms. The average Bonchev–Trinajstić information content (AvgIpc) is 2.80. The lowest BCUT2D eigenvalue weighted by molar-refractivity contribution is 0.0635. The van der Waals surface area contributed by atoms with Crippen LogP contribution in [-0.2, 0) is 4.74 Å². The van der Waals surface area contributed by atoms with Crippen LogP contribution in [0.5, 0.6) is 5.75 Å². The number of nitrogens with zero attached hydrogens (tertiary/aromatic N) is 4. The Labute approximate surface area is 206 Å². The first kappa shape index (κ1) is 24.7. The smallest absolute Gasteiger partial charge is 0.412 e. The Morgan fingerprint density at radius 2 is 1.77 bits per heavy atom. The summed E-state index contributed by atoms with van der Waals surface area (Å²) in [6.45, 7) is 11.7. The fourth-order valence-corrected chi connectivity index (χ4v) is 3.82. The molecule has 0 bridgehead atoms. The Kier molecular flexibility index (Phi) is 7.37. The Morgan fingerprint density at radius 1 is 1.06 bits per heavy atom. The highest BCUT2D eigenvalue weighted by Crippen LogP contribution is 2.32. The Morgan fingerprint density at radius 3 is 2.49 bits per heavy atom. The molecule has 1 aliphatic rings. The van der Waals surface area contributed by atoms with Gasteiger partial charge in [-0.3, -0.25) is 10.7 Å². The molecule has 1 fully saturated rings. The SMILES string of the molecule is CCOc1cc(-c2ccc3nc(NN4CCN(C)CC4)ncc3c2)ccc1NC(=O)OC(C)(C)C. The molecule has 2 N–H and O–H groups in total. The highest BCUT2D eigenvalue weighted by molar-refractivity contribution is 5.89. The summed E-state index contributed by atoms with van der Waals surface area (Å²) in [5.74, 6) is 1.19. The van der Waals surface area contributed by atoms with Gasteiger partial charge in [-0.05, 0) is 70.1 Å². The number of nitrogens with one attached hydrogen (secondary N) is 2. The second-order valence-electron chi connectivity index (χ2n) is 9.64. The number of ether oxygens (including phenoxy) is 2. The number of hydrazine groups is 1. The molecule has 1 aromatic heterocycles. The monoisotopic (exact) mass is 478 g/mol. The molecule has 1 aliphatic heterocycles. The maximum atomic E-state index is 12.2. The summed E-state index contributed by atoms with van der Waals surface area (Å²) in [6, 6.07) is 11.8. The van der Waals surface area contributed by atoms with Gasteiger partial charge < -0.3 is 14.4 Å². The lowest BCUT2D eigenvalue weighted by atomic mass is 10.0. The van der Waals surface area contributed by atoms with Crippen LogP contribution >= 0.6 is 0 Å². The summed E-state index contributed by atoms with van der Waals surface area (Å²) in [5, 5.41) is 5.88. The molecule has 2 heterocycles. The molecule has 186 valence electrons. The van der Waals surface area contributed by atoms with E-state index in [0.717, 1.165) is 48.2 Å². The van der Waals surface area contributed by atoms with Gasteiger partial charge in [0.15, 0.2) is 0 Å². The predicted octanol–water partition coefficient (Wildman–Crippen LogP) is 4.62. The van der Waals surface area contributed by atoms with Crippen molar-refractivity contribution in [3.8, 4) is 16.9 Å². The number of hydrogen-bond acceptors (Lipinski definition) is 8. The van der Waals surface area contributed by atoms with Crippen molar-refractivity contribution in [2.75, 3.05) is 50.6 Å². The number of likely N-dealkylation sites (N-methyl/N-ethyl adjacent to an activating group) is 1. The number of hydrogen-bond donors (Lipinski definition) is 2. The standard InChI is InChI=1S/C26H34N6O3/c1-6-34-23-16-19(8-10-22(23)29-25(33)35-26(2,3)4)18-7-9-21-20(15-18)17-27-24(28-21)30-32-13-11-31(5)12-14-32/h7-10,15-17H,6,11-14H2,1-5H3,(H,29,33)(H,27,28,30). The highest BCUT2D eigenvalue weighted by Gasteiger charge is 2.18. The molecule has 9 nitrogen and oxygen atoms in total. The lowest BCUT2D eigenvalue weighted by Crippen LogP contribution is -2.47. The lowest BCUT2D eigenvalue weighted by Gasteiger charge is -2.32. The zero-order valence-corrected chi connectivity index (χ0v) is 21.1. The van der Waals surface area contributed by atoms with Gasteiger partial charge in [-0.2, -0.15) is 0 Å². The molecule has 1 amide bonds. The third-order valence-corrected chi connectivity index (χ3v) is 5.59. The fraction of sp³-hybridized carbons (Fsp3) is 0.423. The van der Waals surface area contributed by atoms with Gasteiger partial charge in [0.25, 0.3) is 0 Å². The predicted molar refractivity (Wildman–Crippen MR) is 139 cm³/mol. The first-order valence-electron chi connectivity index (χ1n) is 11.9. The molecule has 0 aliphatic carbocycles. The summed E-state index contributed by atoms with van der Waals surface area (Å²) in [5.41, 5.74) is 6.14. The van der Waals surface area contributed by atoms with E-state index in [1.807, 2.05) is 64.2 Å². The number of rotatable bonds is 6. The number of amides is 1. The van der Waals surface area contributed by atoms with Crippen LogP contribution < -0.4 is 15.5 Å². The summed E-state index contributed by atoms with van der Waals surface area (Å²) in [6.07, 6.45) is 1.32. The van der Waals surface area contributed by atoms with E-state index >= 15 is 0 Å². The van der Waals surface area contributed by atoms with Crippen LogP contribution in [0.1, 0.15) is 27.7 Å². The summed E-state index contributed by atoms with van der Waals surface area (Å²) in [7, 11) is 2.13. The number of aromatic nitrogens is 2. The van der Waals surface area contributed by atoms with Gasteiger partial charge in [0.1, 0.15) is 11.4 Å². The zero-order chi connectivity index (χ0) is 25.0. The number of piperazine rings is 1. The van der Waals surface area contributed by atoms with Gasteiger partial charge >= 0.3 is 6.09 Å². The molecule has 2 aromatic carbocycles. The number of anilines is 2. The molecule has 0 radical (unpaired) electrons. The van der Waals surface area contributed by atoms with Crippen molar-refractivity contribution >= 4 is 28.6 Å². The minimum Gasteiger partial charge on any atom is -0.492 e. The Bertz CT molecular complexity index is 1190. The molecule has 0 spiro atoms. The fourth-order valence-electron chi connectivity index (χ4n) is 3.82. The van der Waals surface area contributed by atoms with E-state index < -0.39 is 11.7 Å². The van der Waals surface area contributed by atoms with E-state index in [1.165, 1.54) is 0 Å². The number of carbonyl (C=O) groups excluding carboxylic acids is 1. The van der Waals surface area contributed by atoms with Crippen molar-refractivity contribution < 1.29 is 14.3 Å². The van der Waals surface area contributed by atoms with E-state index in [1.54, 1.807) is 0 Å². The van der Waals surface area contributed by atoms with Crippen molar-refractivity contribution in [3.05, 3.63) is 42.6 Å². The molecular formula is C26H34N6O3. The molecule has 0 unspecified atom stereocenters. The van der Waals surface area contributed by atoms with Crippen LogP contribution in [0.2, 0.25) is 0 Å². The van der Waals surface area contributed by atoms with Gasteiger partial charge in [0, 0.05) is 37.8 Å². The molecule has 35 heavy (non-hydrogen) atoms. The first-order valence-corrected chi connectivity index (χ1v) is 11.9. The maximum Gasteiger partial charge on any atom is 0.412 e. The van der Waals surface area contributed by atoms with Gasteiger partial charge in [-0.25, -0.2) is 19.8 Å². The quantitative estimate of drug-likeness (QED) is 0.530. The molecule has 1 saturated heterocycles. The second kappa shape index (κ2) is 10.5. The van der Waals surface area contributed by atoms with Crippen molar-refractivity contribution in [1.82, 2.24) is 19.9 Å². The van der Waals surface area contributed by atoms with Crippen LogP contribution in [0.15, 0.2) is 42.6 Å². The third kappa shape index (κ3) is 6.58. The Balaban J connectivity index is 1.52. The third-order valence-electron chi connectivity index (χ3n) is 5.59. The molecule has 0 saturated carbocycles. The zero-order valence-electron chi connectivity index (χ0n) is 21.1. The second-order valence-corrected chi connectivity index (χ2v) is 9.64. The normalized spacial score (nSPS) is 15.1. The molecular weight excluding hydrogens is 444 g/mol. The van der Waals surface area contributed by atoms with Crippen molar-refractivity contribution in [1.29, 1.82) is 0 Å². The largest absolute Gasteiger partial charge is 0.492 e. The summed E-state index contributed by atoms with van der Waals surface area (Å²) in [4.78, 5) is 23.7. The van der Waals surface area contributed by atoms with Gasteiger partial charge in [-0.15, -0.1) is 0 Å². The molecule has 4 rings (SSSR count). The van der Waals surface area contributed by atoms with Gasteiger partial charge in [0.05, 0.1) is 17.8 Å². The average molecular weight is 479 g/mol. The van der Waals surface area contributed by atoms with E-state index in [-0.39, 0.29) is 0 Å². The van der Waals surface area contributed by atoms with E-state index in [9.17, 15) is 4.79 Å². The number of fused-ring (bicyclic) bond motifs is 1. The summed E-state index contributed by atoms with van der Waals surface area (Å²) >= 11 is 0. The van der Waals surface area contributed by atoms with Crippen LogP contribution in [-0.4, -0.2) is 71.4 Å². The van der Waals surface area contributed by atoms with Gasteiger partial charge in [0.2, 0.25) is 5.95 Å². The maximum absolute atomic E-state index is 12.2. The van der Waals surface area contributed by atoms with E-state index in [0.29, 0.717) is 24.0 Å². The van der Waals surface area contributed by atoms with Crippen LogP contribution in [0.3, 0.4) is 0 Å². The van der Waals surface area contributed by atoms with Crippen LogP contribution in [0.4, 0.5) is 16.4 Å². The van der Waals surface area contributed by atoms with Crippen molar-refractivity contribution in [2.24, 2.45) is 0 Å². The van der Waals surface area contributed by atoms with Crippen molar-refractivity contribution in [3.63, 3.8) is 0 Å². The number of benzene rings is 2. The molecule has 3 aromatic rings. The Hall–Kier alpha value is -3.43. The van der Waals surface area contributed by atoms with E-state index in [2.05, 4.69) is 43.7 Å².